The first-order valence-corrected chi connectivity index (χ1v) is 15.2. The van der Waals surface area contributed by atoms with Crippen molar-refractivity contribution in [2.24, 2.45) is 12.5 Å². The van der Waals surface area contributed by atoms with E-state index in [4.69, 9.17) is 11.6 Å². The number of hydrogen-bond donors (Lipinski definition) is 2. The molecule has 6 rings (SSSR count). The van der Waals surface area contributed by atoms with Gasteiger partial charge in [0.15, 0.2) is 5.54 Å². The van der Waals surface area contributed by atoms with Gasteiger partial charge in [0, 0.05) is 42.6 Å². The molecule has 2 aromatic carbocycles. The molecule has 5 aromatic rings. The maximum Gasteiger partial charge on any atom is 0.413 e. The van der Waals surface area contributed by atoms with Gasteiger partial charge in [-0.25, -0.2) is 4.68 Å². The van der Waals surface area contributed by atoms with Gasteiger partial charge >= 0.3 is 6.18 Å². The number of hydrogen-bond acceptors (Lipinski definition) is 7. The highest BCUT2D eigenvalue weighted by Crippen LogP contribution is 2.55. The van der Waals surface area contributed by atoms with Crippen LogP contribution >= 0.6 is 11.6 Å². The van der Waals surface area contributed by atoms with Crippen LogP contribution in [-0.2, 0) is 12.6 Å². The van der Waals surface area contributed by atoms with Crippen LogP contribution in [0.15, 0.2) is 55.1 Å². The molecule has 1 aliphatic rings. The SMILES string of the molecule is Cc1c(-c2cnn(C)c2)cccc1[C@H](Nc1cc(Cl)c2ncc(C#N)c(NCC(C)(C)C)c2c1)c1cn(C2(C(F)(F)F)CC2)nn1. The first-order chi connectivity index (χ1) is 21.7. The molecule has 1 aliphatic carbocycles. The number of nitrogens with one attached hydrogen (secondary N) is 2. The molecule has 1 fully saturated rings. The maximum absolute atomic E-state index is 14.0. The number of aromatic nitrogens is 6. The van der Waals surface area contributed by atoms with E-state index in [1.165, 1.54) is 12.4 Å². The van der Waals surface area contributed by atoms with Gasteiger partial charge in [-0.3, -0.25) is 9.67 Å². The number of pyridine rings is 1. The molecule has 0 radical (unpaired) electrons. The van der Waals surface area contributed by atoms with E-state index in [0.29, 0.717) is 45.1 Å². The Labute approximate surface area is 269 Å². The molecule has 0 bridgehead atoms. The summed E-state index contributed by atoms with van der Waals surface area (Å²) in [6, 6.07) is 10.8. The molecular weight excluding hydrogens is 615 g/mol. The Balaban J connectivity index is 1.48. The van der Waals surface area contributed by atoms with Crippen LogP contribution in [0.25, 0.3) is 22.0 Å². The van der Waals surface area contributed by atoms with Gasteiger partial charge in [-0.2, -0.15) is 23.5 Å². The third kappa shape index (κ3) is 5.75. The molecule has 46 heavy (non-hydrogen) atoms. The topological polar surface area (TPSA) is 109 Å². The van der Waals surface area contributed by atoms with Crippen LogP contribution in [0.3, 0.4) is 0 Å². The van der Waals surface area contributed by atoms with Gasteiger partial charge in [0.05, 0.1) is 40.2 Å². The predicted molar refractivity (Wildman–Crippen MR) is 172 cm³/mol. The van der Waals surface area contributed by atoms with E-state index in [1.807, 2.05) is 44.4 Å². The van der Waals surface area contributed by atoms with Crippen molar-refractivity contribution >= 4 is 33.9 Å². The molecule has 9 nitrogen and oxygen atoms in total. The molecule has 3 aromatic heterocycles. The molecule has 1 saturated carbocycles. The van der Waals surface area contributed by atoms with Crippen molar-refractivity contribution < 1.29 is 13.2 Å². The lowest BCUT2D eigenvalue weighted by molar-refractivity contribution is -0.182. The molecule has 2 N–H and O–H groups in total. The van der Waals surface area contributed by atoms with Gasteiger partial charge in [-0.05, 0) is 54.0 Å². The smallest absolute Gasteiger partial charge is 0.383 e. The Morgan fingerprint density at radius 3 is 2.52 bits per heavy atom. The Bertz CT molecular complexity index is 1980. The van der Waals surface area contributed by atoms with Gasteiger partial charge in [0.1, 0.15) is 11.8 Å². The van der Waals surface area contributed by atoms with E-state index in [-0.39, 0.29) is 18.3 Å². The molecule has 0 spiro atoms. The van der Waals surface area contributed by atoms with E-state index >= 15 is 0 Å². The predicted octanol–water partition coefficient (Wildman–Crippen LogP) is 7.77. The van der Waals surface area contributed by atoms with Crippen LogP contribution in [0.2, 0.25) is 5.02 Å². The minimum atomic E-state index is -4.45. The lowest BCUT2D eigenvalue weighted by Crippen LogP contribution is -2.35. The number of rotatable bonds is 8. The highest BCUT2D eigenvalue weighted by molar-refractivity contribution is 6.35. The fourth-order valence-electron chi connectivity index (χ4n) is 5.67. The second kappa shape index (κ2) is 11.3. The number of fused-ring (bicyclic) bond motifs is 1. The molecule has 0 aliphatic heterocycles. The van der Waals surface area contributed by atoms with Gasteiger partial charge < -0.3 is 10.6 Å². The lowest BCUT2D eigenvalue weighted by Gasteiger charge is -2.24. The fraction of sp³-hybridized carbons (Fsp3) is 0.364. The fourth-order valence-corrected chi connectivity index (χ4v) is 5.94. The van der Waals surface area contributed by atoms with Crippen LogP contribution in [-0.4, -0.2) is 42.5 Å². The zero-order chi connectivity index (χ0) is 33.0. The van der Waals surface area contributed by atoms with E-state index in [1.54, 1.807) is 16.9 Å². The average molecular weight is 648 g/mol. The van der Waals surface area contributed by atoms with Crippen LogP contribution in [0.1, 0.15) is 62.0 Å². The second-order valence-electron chi connectivity index (χ2n) is 13.0. The molecule has 0 saturated heterocycles. The first kappa shape index (κ1) is 31.4. The summed E-state index contributed by atoms with van der Waals surface area (Å²) in [6.07, 6.45) is 1.99. The summed E-state index contributed by atoms with van der Waals surface area (Å²) in [4.78, 5) is 4.45. The zero-order valence-electron chi connectivity index (χ0n) is 26.0. The lowest BCUT2D eigenvalue weighted by atomic mass is 9.92. The van der Waals surface area contributed by atoms with Crippen LogP contribution in [0, 0.1) is 23.7 Å². The van der Waals surface area contributed by atoms with E-state index in [0.717, 1.165) is 26.9 Å². The summed E-state index contributed by atoms with van der Waals surface area (Å²) in [5, 5.41) is 30.3. The molecule has 3 heterocycles. The Morgan fingerprint density at radius 1 is 1.13 bits per heavy atom. The summed E-state index contributed by atoms with van der Waals surface area (Å²) < 4.78 is 44.8. The van der Waals surface area contributed by atoms with Gasteiger partial charge in [0.2, 0.25) is 0 Å². The molecule has 238 valence electrons. The minimum Gasteiger partial charge on any atom is -0.383 e. The Hall–Kier alpha value is -4.63. The standard InChI is InChI=1S/C33H33ClF3N9/c1-19-23(21-15-41-45(5)16-21)7-6-8-24(19)30(27-17-46(44-43-27)32(9-10-32)33(35,36)37)42-22-11-25-28(40-18-31(2,3)4)20(13-38)14-39-29(25)26(34)12-22/h6-8,11-12,14-17,30,42H,9-10,18H2,1-5H3,(H,39,40)/t30-/m0/s1. The minimum absolute atomic E-state index is 0.0498. The number of nitrogens with zero attached hydrogens (tertiary/aromatic N) is 7. The molecule has 1 atom stereocenters. The molecular formula is C33H33ClF3N9. The largest absolute Gasteiger partial charge is 0.413 e. The Kier molecular flexibility index (Phi) is 7.71. The number of halogens is 4. The summed E-state index contributed by atoms with van der Waals surface area (Å²) in [7, 11) is 1.83. The third-order valence-corrected chi connectivity index (χ3v) is 8.64. The second-order valence-corrected chi connectivity index (χ2v) is 13.5. The van der Waals surface area contributed by atoms with E-state index in [9.17, 15) is 18.4 Å². The van der Waals surface area contributed by atoms with Crippen molar-refractivity contribution in [3.8, 4) is 17.2 Å². The van der Waals surface area contributed by atoms with Crippen molar-refractivity contribution in [2.45, 2.75) is 58.3 Å². The van der Waals surface area contributed by atoms with Crippen LogP contribution < -0.4 is 10.6 Å². The van der Waals surface area contributed by atoms with Gasteiger partial charge in [-0.1, -0.05) is 55.8 Å². The monoisotopic (exact) mass is 647 g/mol. The number of benzene rings is 2. The van der Waals surface area contributed by atoms with Crippen molar-refractivity contribution in [3.63, 3.8) is 0 Å². The summed E-state index contributed by atoms with van der Waals surface area (Å²) >= 11 is 6.78. The van der Waals surface area contributed by atoms with E-state index in [2.05, 4.69) is 57.9 Å². The third-order valence-electron chi connectivity index (χ3n) is 8.35. The first-order valence-electron chi connectivity index (χ1n) is 14.8. The van der Waals surface area contributed by atoms with Crippen molar-refractivity contribution in [2.75, 3.05) is 17.2 Å². The van der Waals surface area contributed by atoms with Crippen molar-refractivity contribution in [1.82, 2.24) is 29.8 Å². The van der Waals surface area contributed by atoms with Crippen molar-refractivity contribution in [3.05, 3.63) is 82.5 Å². The van der Waals surface area contributed by atoms with Gasteiger partial charge in [-0.15, -0.1) is 5.10 Å². The molecule has 0 unspecified atom stereocenters. The van der Waals surface area contributed by atoms with Gasteiger partial charge in [0.25, 0.3) is 0 Å². The quantitative estimate of drug-likeness (QED) is 0.177. The molecule has 0 amide bonds. The summed E-state index contributed by atoms with van der Waals surface area (Å²) in [5.41, 5.74) is 3.74. The average Bonchev–Trinajstić information content (AvgIpc) is 3.48. The van der Waals surface area contributed by atoms with Crippen LogP contribution in [0.4, 0.5) is 24.5 Å². The van der Waals surface area contributed by atoms with Crippen molar-refractivity contribution in [1.29, 1.82) is 5.26 Å². The summed E-state index contributed by atoms with van der Waals surface area (Å²) in [5.74, 6) is 0. The number of alkyl halides is 3. The van der Waals surface area contributed by atoms with E-state index < -0.39 is 17.8 Å². The number of anilines is 2. The highest BCUT2D eigenvalue weighted by atomic mass is 35.5. The molecule has 13 heteroatoms. The van der Waals surface area contributed by atoms with Crippen LogP contribution in [0.5, 0.6) is 0 Å². The number of aryl methyl sites for hydroxylation is 1. The summed E-state index contributed by atoms with van der Waals surface area (Å²) in [6.45, 7) is 8.79. The highest BCUT2D eigenvalue weighted by Gasteiger charge is 2.66. The zero-order valence-corrected chi connectivity index (χ0v) is 26.8. The normalized spacial score (nSPS) is 15.0. The number of nitriles is 1. The Morgan fingerprint density at radius 2 is 1.89 bits per heavy atom. The maximum atomic E-state index is 14.0.